The average molecular weight is 422 g/mol. The first-order valence-corrected chi connectivity index (χ1v) is 10.3. The van der Waals surface area contributed by atoms with Crippen LogP contribution in [0.3, 0.4) is 0 Å². The van der Waals surface area contributed by atoms with Crippen molar-refractivity contribution < 1.29 is 19.2 Å². The lowest BCUT2D eigenvalue weighted by Crippen LogP contribution is -2.54. The molecule has 2 aromatic rings. The number of carbonyl (C=O) groups is 4. The predicted molar refractivity (Wildman–Crippen MR) is 108 cm³/mol. The number of piperidine rings is 1. The maximum atomic E-state index is 12.9. The number of hydrogen-bond acceptors (Lipinski definition) is 7. The summed E-state index contributed by atoms with van der Waals surface area (Å²) in [7, 11) is 0. The third-order valence-electron chi connectivity index (χ3n) is 5.98. The van der Waals surface area contributed by atoms with E-state index in [1.807, 2.05) is 10.9 Å². The maximum absolute atomic E-state index is 12.9. The first-order valence-electron chi connectivity index (χ1n) is 10.3. The fraction of sp³-hybridized carbons (Fsp3) is 0.381. The number of aromatic nitrogens is 2. The Morgan fingerprint density at radius 1 is 1.10 bits per heavy atom. The number of benzene rings is 1. The lowest BCUT2D eigenvalue weighted by atomic mass is 10.0. The van der Waals surface area contributed by atoms with Crippen molar-refractivity contribution in [3.63, 3.8) is 0 Å². The molecule has 1 unspecified atom stereocenters. The smallest absolute Gasteiger partial charge is 0.262 e. The number of rotatable bonds is 5. The van der Waals surface area contributed by atoms with E-state index >= 15 is 0 Å². The molecule has 3 N–H and O–H groups in total. The van der Waals surface area contributed by atoms with Gasteiger partial charge >= 0.3 is 0 Å². The number of hydrogen-bond donors (Lipinski definition) is 3. The topological polar surface area (TPSA) is 125 Å². The van der Waals surface area contributed by atoms with Gasteiger partial charge in [-0.15, -0.1) is 0 Å². The van der Waals surface area contributed by atoms with Gasteiger partial charge in [0.15, 0.2) is 0 Å². The third-order valence-corrected chi connectivity index (χ3v) is 5.98. The summed E-state index contributed by atoms with van der Waals surface area (Å²) in [6.45, 7) is 3.73. The molecule has 1 aromatic heterocycles. The number of imide groups is 2. The first kappa shape index (κ1) is 19.6. The van der Waals surface area contributed by atoms with Gasteiger partial charge in [0, 0.05) is 38.2 Å². The summed E-state index contributed by atoms with van der Waals surface area (Å²) >= 11 is 0. The van der Waals surface area contributed by atoms with Crippen molar-refractivity contribution in [2.24, 2.45) is 0 Å². The van der Waals surface area contributed by atoms with E-state index < -0.39 is 23.8 Å². The van der Waals surface area contributed by atoms with Gasteiger partial charge in [-0.05, 0) is 24.1 Å². The van der Waals surface area contributed by atoms with Crippen molar-refractivity contribution >= 4 is 23.6 Å². The molecular weight excluding hydrogens is 400 g/mol. The van der Waals surface area contributed by atoms with Gasteiger partial charge in [0.1, 0.15) is 6.04 Å². The van der Waals surface area contributed by atoms with Crippen LogP contribution in [0, 0.1) is 0 Å². The van der Waals surface area contributed by atoms with Crippen LogP contribution in [0.25, 0.3) is 0 Å². The molecule has 3 aliphatic heterocycles. The Hall–Kier alpha value is -3.37. The molecule has 0 spiro atoms. The fourth-order valence-corrected chi connectivity index (χ4v) is 4.36. The number of nitrogens with zero attached hydrogens (tertiary/aromatic N) is 3. The van der Waals surface area contributed by atoms with Crippen molar-refractivity contribution in [1.29, 1.82) is 0 Å². The SMILES string of the molecule is O=C1CCC(N2C(=O)c3ccc(CNCc4cnn5c4CNCC5)cc3C2=O)C(=O)N1. The zero-order valence-electron chi connectivity index (χ0n) is 16.8. The van der Waals surface area contributed by atoms with Crippen LogP contribution in [-0.2, 0) is 35.8 Å². The van der Waals surface area contributed by atoms with Crippen molar-refractivity contribution in [2.45, 2.75) is 45.1 Å². The zero-order chi connectivity index (χ0) is 21.5. The Bertz CT molecular complexity index is 1110. The van der Waals surface area contributed by atoms with E-state index in [0.717, 1.165) is 35.7 Å². The van der Waals surface area contributed by atoms with Gasteiger partial charge in [-0.3, -0.25) is 34.1 Å². The van der Waals surface area contributed by atoms with Gasteiger partial charge in [0.05, 0.1) is 29.6 Å². The van der Waals surface area contributed by atoms with E-state index in [2.05, 4.69) is 21.0 Å². The highest BCUT2D eigenvalue weighted by atomic mass is 16.2. The lowest BCUT2D eigenvalue weighted by molar-refractivity contribution is -0.136. The predicted octanol–water partition coefficient (Wildman–Crippen LogP) is -0.323. The van der Waals surface area contributed by atoms with Gasteiger partial charge in [-0.1, -0.05) is 6.07 Å². The summed E-state index contributed by atoms with van der Waals surface area (Å²) in [6, 6.07) is 4.18. The molecular formula is C21H22N6O4. The Balaban J connectivity index is 1.27. The fourth-order valence-electron chi connectivity index (χ4n) is 4.36. The molecule has 0 saturated carbocycles. The second-order valence-corrected chi connectivity index (χ2v) is 7.95. The van der Waals surface area contributed by atoms with Crippen molar-refractivity contribution in [1.82, 2.24) is 30.6 Å². The molecule has 0 aliphatic carbocycles. The van der Waals surface area contributed by atoms with Crippen LogP contribution in [0.15, 0.2) is 24.4 Å². The monoisotopic (exact) mass is 422 g/mol. The number of amides is 4. The largest absolute Gasteiger partial charge is 0.309 e. The van der Waals surface area contributed by atoms with E-state index in [1.54, 1.807) is 18.2 Å². The van der Waals surface area contributed by atoms with E-state index in [9.17, 15) is 19.2 Å². The van der Waals surface area contributed by atoms with Gasteiger partial charge < -0.3 is 10.6 Å². The summed E-state index contributed by atoms with van der Waals surface area (Å²) in [4.78, 5) is 50.2. The summed E-state index contributed by atoms with van der Waals surface area (Å²) in [5.41, 5.74) is 3.75. The highest BCUT2D eigenvalue weighted by Gasteiger charge is 2.44. The molecule has 0 bridgehead atoms. The maximum Gasteiger partial charge on any atom is 0.262 e. The normalized spacial score (nSPS) is 20.6. The summed E-state index contributed by atoms with van der Waals surface area (Å²) < 4.78 is 2.01. The molecule has 3 aliphatic rings. The summed E-state index contributed by atoms with van der Waals surface area (Å²) in [5, 5.41) is 13.3. The number of nitrogens with one attached hydrogen (secondary N) is 3. The van der Waals surface area contributed by atoms with Gasteiger partial charge in [-0.25, -0.2) is 0 Å². The van der Waals surface area contributed by atoms with Crippen LogP contribution >= 0.6 is 0 Å². The molecule has 4 heterocycles. The van der Waals surface area contributed by atoms with Crippen molar-refractivity contribution in [2.75, 3.05) is 6.54 Å². The molecule has 1 atom stereocenters. The molecule has 4 amide bonds. The minimum Gasteiger partial charge on any atom is -0.309 e. The standard InChI is InChI=1S/C21H22N6O4/c28-18-4-3-16(19(29)25-18)27-20(30)14-2-1-12(7-15(14)21(27)31)8-23-9-13-10-24-26-6-5-22-11-17(13)26/h1-2,7,10,16,22-23H,3-6,8-9,11H2,(H,25,28,29). The Morgan fingerprint density at radius 2 is 1.94 bits per heavy atom. The molecule has 1 aromatic carbocycles. The molecule has 1 saturated heterocycles. The molecule has 10 nitrogen and oxygen atoms in total. The minimum absolute atomic E-state index is 0.104. The molecule has 160 valence electrons. The van der Waals surface area contributed by atoms with Crippen LogP contribution in [0.2, 0.25) is 0 Å². The molecule has 1 fully saturated rings. The van der Waals surface area contributed by atoms with Gasteiger partial charge in [0.25, 0.3) is 11.8 Å². The highest BCUT2D eigenvalue weighted by Crippen LogP contribution is 2.28. The van der Waals surface area contributed by atoms with Crippen LogP contribution in [-0.4, -0.2) is 50.9 Å². The second kappa shape index (κ2) is 7.71. The van der Waals surface area contributed by atoms with E-state index in [0.29, 0.717) is 18.7 Å². The Kier molecular flexibility index (Phi) is 4.87. The lowest BCUT2D eigenvalue weighted by Gasteiger charge is -2.27. The van der Waals surface area contributed by atoms with E-state index in [1.165, 1.54) is 5.69 Å². The number of carbonyl (C=O) groups excluding carboxylic acids is 4. The van der Waals surface area contributed by atoms with Crippen LogP contribution in [0.4, 0.5) is 0 Å². The highest BCUT2D eigenvalue weighted by molar-refractivity contribution is 6.23. The number of fused-ring (bicyclic) bond motifs is 2. The summed E-state index contributed by atoms with van der Waals surface area (Å²) in [6.07, 6.45) is 2.13. The first-order chi connectivity index (χ1) is 15.0. The van der Waals surface area contributed by atoms with Gasteiger partial charge in [0.2, 0.25) is 11.8 Å². The molecule has 31 heavy (non-hydrogen) atoms. The second-order valence-electron chi connectivity index (χ2n) is 7.95. The Morgan fingerprint density at radius 3 is 2.77 bits per heavy atom. The quantitative estimate of drug-likeness (QED) is 0.564. The van der Waals surface area contributed by atoms with Crippen LogP contribution in [0.1, 0.15) is 50.4 Å². The summed E-state index contributed by atoms with van der Waals surface area (Å²) in [5.74, 6) is -1.98. The molecule has 0 radical (unpaired) electrons. The Labute approximate surface area is 178 Å². The molecule has 10 heteroatoms. The molecule has 5 rings (SSSR count). The van der Waals surface area contributed by atoms with Crippen LogP contribution in [0.5, 0.6) is 0 Å². The third kappa shape index (κ3) is 3.43. The van der Waals surface area contributed by atoms with Crippen LogP contribution < -0.4 is 16.0 Å². The van der Waals surface area contributed by atoms with Crippen molar-refractivity contribution in [3.8, 4) is 0 Å². The zero-order valence-corrected chi connectivity index (χ0v) is 16.8. The van der Waals surface area contributed by atoms with E-state index in [4.69, 9.17) is 0 Å². The van der Waals surface area contributed by atoms with E-state index in [-0.39, 0.29) is 24.3 Å². The van der Waals surface area contributed by atoms with Crippen molar-refractivity contribution in [3.05, 3.63) is 52.3 Å². The average Bonchev–Trinajstić information content (AvgIpc) is 3.28. The van der Waals surface area contributed by atoms with Gasteiger partial charge in [-0.2, -0.15) is 5.10 Å². The minimum atomic E-state index is -0.950.